The van der Waals surface area contributed by atoms with Crippen LogP contribution in [0.25, 0.3) is 11.1 Å². The molecule has 0 aliphatic carbocycles. The van der Waals surface area contributed by atoms with Crippen LogP contribution in [-0.4, -0.2) is 29.6 Å². The van der Waals surface area contributed by atoms with Crippen LogP contribution >= 0.6 is 11.3 Å². The molecule has 0 saturated carbocycles. The van der Waals surface area contributed by atoms with Crippen LogP contribution in [0, 0.1) is 5.82 Å². The van der Waals surface area contributed by atoms with Crippen molar-refractivity contribution >= 4 is 23.0 Å². The van der Waals surface area contributed by atoms with E-state index in [-0.39, 0.29) is 5.82 Å². The standard InChI is InChI=1S/C23H23F2N5S/c1-23(25)7-9-30(10-8-23)20-5-3-16(13-26-20)15-2-4-18(19(24)12-15)22-27-21(28-29-22)17-6-11-31-14-17/h2-6,11-14,22,29H,7-10H2,1H3,(H,27,28). The molecule has 31 heavy (non-hydrogen) atoms. The zero-order valence-corrected chi connectivity index (χ0v) is 17.9. The first kappa shape index (κ1) is 20.1. The number of hydrazine groups is 1. The molecule has 5 rings (SSSR count). The summed E-state index contributed by atoms with van der Waals surface area (Å²) >= 11 is 1.59. The van der Waals surface area contributed by atoms with Gasteiger partial charge in [-0.2, -0.15) is 11.3 Å². The summed E-state index contributed by atoms with van der Waals surface area (Å²) in [5.74, 6) is 1.21. The fourth-order valence-electron chi connectivity index (χ4n) is 3.90. The highest BCUT2D eigenvalue weighted by atomic mass is 32.1. The number of hydrogen-bond donors (Lipinski definition) is 2. The van der Waals surface area contributed by atoms with Crippen LogP contribution in [0.15, 0.2) is 58.3 Å². The third-order valence-corrected chi connectivity index (χ3v) is 6.57. The molecule has 1 fully saturated rings. The van der Waals surface area contributed by atoms with E-state index < -0.39 is 11.8 Å². The number of amidine groups is 1. The smallest absolute Gasteiger partial charge is 0.147 e. The van der Waals surface area contributed by atoms with E-state index in [0.29, 0.717) is 37.3 Å². The molecule has 3 aromatic rings. The van der Waals surface area contributed by atoms with Gasteiger partial charge in [-0.25, -0.2) is 24.2 Å². The van der Waals surface area contributed by atoms with Gasteiger partial charge in [-0.15, -0.1) is 0 Å². The van der Waals surface area contributed by atoms with E-state index in [1.807, 2.05) is 35.0 Å². The van der Waals surface area contributed by atoms with Gasteiger partial charge in [0.05, 0.1) is 0 Å². The number of thiophene rings is 1. The topological polar surface area (TPSA) is 52.5 Å². The first-order valence-corrected chi connectivity index (χ1v) is 11.2. The number of hydrogen-bond acceptors (Lipinski definition) is 6. The number of aromatic nitrogens is 1. The molecule has 0 spiro atoms. The van der Waals surface area contributed by atoms with E-state index in [2.05, 4.69) is 25.7 Å². The van der Waals surface area contributed by atoms with Crippen molar-refractivity contribution < 1.29 is 8.78 Å². The van der Waals surface area contributed by atoms with Crippen molar-refractivity contribution in [1.29, 1.82) is 0 Å². The monoisotopic (exact) mass is 439 g/mol. The van der Waals surface area contributed by atoms with Gasteiger partial charge in [0.1, 0.15) is 29.3 Å². The van der Waals surface area contributed by atoms with Gasteiger partial charge in [0.2, 0.25) is 0 Å². The molecule has 4 heterocycles. The Balaban J connectivity index is 1.31. The van der Waals surface area contributed by atoms with Crippen molar-refractivity contribution in [3.8, 4) is 11.1 Å². The summed E-state index contributed by atoms with van der Waals surface area (Å²) in [6, 6.07) is 11.0. The summed E-state index contributed by atoms with van der Waals surface area (Å²) in [5.41, 5.74) is 8.01. The lowest BCUT2D eigenvalue weighted by molar-refractivity contribution is 0.149. The van der Waals surface area contributed by atoms with Crippen LogP contribution < -0.4 is 15.8 Å². The number of rotatable bonds is 4. The quantitative estimate of drug-likeness (QED) is 0.611. The lowest BCUT2D eigenvalue weighted by Gasteiger charge is -2.34. The van der Waals surface area contributed by atoms with E-state index in [0.717, 1.165) is 22.5 Å². The van der Waals surface area contributed by atoms with Crippen molar-refractivity contribution in [3.05, 3.63) is 70.3 Å². The Kier molecular flexibility index (Phi) is 5.19. The lowest BCUT2D eigenvalue weighted by atomic mass is 9.96. The Hall–Kier alpha value is -2.84. The van der Waals surface area contributed by atoms with Gasteiger partial charge in [-0.3, -0.25) is 0 Å². The highest BCUT2D eigenvalue weighted by Gasteiger charge is 2.30. The lowest BCUT2D eigenvalue weighted by Crippen LogP contribution is -2.40. The summed E-state index contributed by atoms with van der Waals surface area (Å²) in [4.78, 5) is 11.2. The van der Waals surface area contributed by atoms with Crippen LogP contribution in [-0.2, 0) is 0 Å². The zero-order valence-electron chi connectivity index (χ0n) is 17.1. The number of alkyl halides is 1. The summed E-state index contributed by atoms with van der Waals surface area (Å²) in [5, 5.41) is 3.97. The highest BCUT2D eigenvalue weighted by molar-refractivity contribution is 7.08. The predicted octanol–water partition coefficient (Wildman–Crippen LogP) is 4.83. The summed E-state index contributed by atoms with van der Waals surface area (Å²) in [6.45, 7) is 2.96. The molecule has 2 aliphatic rings. The average molecular weight is 440 g/mol. The van der Waals surface area contributed by atoms with E-state index in [1.54, 1.807) is 30.5 Å². The fraction of sp³-hybridized carbons (Fsp3) is 0.304. The van der Waals surface area contributed by atoms with Crippen LogP contribution in [0.1, 0.15) is 37.1 Å². The van der Waals surface area contributed by atoms with Crippen LogP contribution in [0.2, 0.25) is 0 Å². The Bertz CT molecular complexity index is 1090. The molecule has 1 aromatic carbocycles. The van der Waals surface area contributed by atoms with Crippen molar-refractivity contribution in [2.45, 2.75) is 31.6 Å². The molecule has 2 aromatic heterocycles. The fourth-order valence-corrected chi connectivity index (χ4v) is 4.54. The third kappa shape index (κ3) is 4.18. The first-order chi connectivity index (χ1) is 15.0. The second-order valence-electron chi connectivity index (χ2n) is 8.20. The minimum Gasteiger partial charge on any atom is -0.356 e. The molecule has 5 nitrogen and oxygen atoms in total. The minimum atomic E-state index is -1.09. The molecule has 0 amide bonds. The van der Waals surface area contributed by atoms with Gasteiger partial charge in [0.15, 0.2) is 0 Å². The molecule has 160 valence electrons. The summed E-state index contributed by atoms with van der Waals surface area (Å²) in [7, 11) is 0. The number of halogens is 2. The number of pyridine rings is 1. The van der Waals surface area contributed by atoms with Gasteiger partial charge in [-0.05, 0) is 55.0 Å². The Morgan fingerprint density at radius 1 is 1.10 bits per heavy atom. The number of nitrogens with zero attached hydrogens (tertiary/aromatic N) is 3. The number of anilines is 1. The van der Waals surface area contributed by atoms with Crippen LogP contribution in [0.5, 0.6) is 0 Å². The second kappa shape index (κ2) is 8.01. The zero-order chi connectivity index (χ0) is 21.4. The average Bonchev–Trinajstić information content (AvgIpc) is 3.46. The van der Waals surface area contributed by atoms with Crippen molar-refractivity contribution in [1.82, 2.24) is 15.8 Å². The van der Waals surface area contributed by atoms with Gasteiger partial charge in [0, 0.05) is 41.4 Å². The second-order valence-corrected chi connectivity index (χ2v) is 8.98. The van der Waals surface area contributed by atoms with Crippen molar-refractivity contribution in [3.63, 3.8) is 0 Å². The van der Waals surface area contributed by atoms with E-state index in [4.69, 9.17) is 0 Å². The molecule has 1 atom stereocenters. The predicted molar refractivity (Wildman–Crippen MR) is 120 cm³/mol. The Labute approximate surface area is 183 Å². The van der Waals surface area contributed by atoms with E-state index >= 15 is 0 Å². The molecule has 2 N–H and O–H groups in total. The van der Waals surface area contributed by atoms with E-state index in [1.165, 1.54) is 6.07 Å². The molecule has 0 radical (unpaired) electrons. The molecular weight excluding hydrogens is 416 g/mol. The van der Waals surface area contributed by atoms with Gasteiger partial charge >= 0.3 is 0 Å². The minimum absolute atomic E-state index is 0.325. The maximum absolute atomic E-state index is 14.9. The number of nitrogens with one attached hydrogen (secondary N) is 2. The molecule has 0 bridgehead atoms. The van der Waals surface area contributed by atoms with Gasteiger partial charge < -0.3 is 10.3 Å². The molecule has 1 unspecified atom stereocenters. The maximum atomic E-state index is 14.9. The van der Waals surface area contributed by atoms with Gasteiger partial charge in [-0.1, -0.05) is 12.1 Å². The largest absolute Gasteiger partial charge is 0.356 e. The summed E-state index contributed by atoms with van der Waals surface area (Å²) < 4.78 is 28.9. The highest BCUT2D eigenvalue weighted by Crippen LogP contribution is 2.30. The van der Waals surface area contributed by atoms with Crippen LogP contribution in [0.4, 0.5) is 14.6 Å². The van der Waals surface area contributed by atoms with E-state index in [9.17, 15) is 8.78 Å². The van der Waals surface area contributed by atoms with Crippen LogP contribution in [0.3, 0.4) is 0 Å². The molecule has 8 heteroatoms. The Morgan fingerprint density at radius 3 is 2.58 bits per heavy atom. The summed E-state index contributed by atoms with van der Waals surface area (Å²) in [6.07, 6.45) is 2.27. The number of piperidine rings is 1. The SMILES string of the molecule is CC1(F)CCN(c2ccc(-c3ccc(C4N=C(c5ccsc5)NN4)c(F)c3)cn2)CC1. The number of benzene rings is 1. The van der Waals surface area contributed by atoms with Crippen molar-refractivity contribution in [2.24, 2.45) is 4.99 Å². The molecular formula is C23H23F2N5S. The molecule has 2 aliphatic heterocycles. The van der Waals surface area contributed by atoms with Crippen molar-refractivity contribution in [2.75, 3.05) is 18.0 Å². The normalized spacial score (nSPS) is 20.4. The molecule has 1 saturated heterocycles. The number of aliphatic imine (C=N–C) groups is 1. The van der Waals surface area contributed by atoms with Gasteiger partial charge in [0.25, 0.3) is 0 Å². The third-order valence-electron chi connectivity index (χ3n) is 5.89. The first-order valence-electron chi connectivity index (χ1n) is 10.3. The Morgan fingerprint density at radius 2 is 1.90 bits per heavy atom. The maximum Gasteiger partial charge on any atom is 0.147 e.